The molecule has 1 rings (SSSR count). The molecule has 0 aromatic rings. The van der Waals surface area contributed by atoms with Crippen LogP contribution in [0.4, 0.5) is 0 Å². The van der Waals surface area contributed by atoms with Gasteiger partial charge in [0.2, 0.25) is 0 Å². The van der Waals surface area contributed by atoms with Crippen LogP contribution in [-0.4, -0.2) is 25.3 Å². The first-order valence-electron chi connectivity index (χ1n) is 2.81. The van der Waals surface area contributed by atoms with Crippen LogP contribution in [0.1, 0.15) is 13.3 Å². The summed E-state index contributed by atoms with van der Waals surface area (Å²) in [4.78, 5) is 0. The van der Waals surface area contributed by atoms with Crippen molar-refractivity contribution in [3.63, 3.8) is 0 Å². The number of hydrogen-bond acceptors (Lipinski definition) is 2. The molecular formula is C4H10N2O2S. The van der Waals surface area contributed by atoms with Gasteiger partial charge < -0.3 is 0 Å². The maximum atomic E-state index is 10.5. The van der Waals surface area contributed by atoms with E-state index >= 15 is 0 Å². The zero-order chi connectivity index (χ0) is 7.07. The molecule has 5 heteroatoms. The van der Waals surface area contributed by atoms with E-state index in [1.54, 1.807) is 0 Å². The molecule has 1 aliphatic heterocycles. The van der Waals surface area contributed by atoms with Crippen molar-refractivity contribution < 1.29 is 8.42 Å². The summed E-state index contributed by atoms with van der Waals surface area (Å²) in [6.07, 6.45) is 0.927. The summed E-state index contributed by atoms with van der Waals surface area (Å²) < 4.78 is 22.3. The standard InChI is InChI=1S/C4H10N2O2S/c1-4-2-3-6(4)9(5,7)8/h4H,2-3H2,1H3,(H2,5,7,8). The minimum Gasteiger partial charge on any atom is -0.216 e. The van der Waals surface area contributed by atoms with Crippen LogP contribution < -0.4 is 5.14 Å². The van der Waals surface area contributed by atoms with Crippen LogP contribution in [0.15, 0.2) is 0 Å². The Morgan fingerprint density at radius 2 is 2.22 bits per heavy atom. The molecule has 0 aromatic heterocycles. The van der Waals surface area contributed by atoms with Crippen molar-refractivity contribution in [2.75, 3.05) is 6.54 Å². The Balaban J connectivity index is 2.66. The summed E-state index contributed by atoms with van der Waals surface area (Å²) in [6, 6.07) is 0.111. The average molecular weight is 150 g/mol. The molecule has 1 unspecified atom stereocenters. The fourth-order valence-electron chi connectivity index (χ4n) is 0.871. The van der Waals surface area contributed by atoms with Crippen LogP contribution >= 0.6 is 0 Å². The Morgan fingerprint density at radius 1 is 1.67 bits per heavy atom. The van der Waals surface area contributed by atoms with Crippen LogP contribution in [0, 0.1) is 0 Å². The van der Waals surface area contributed by atoms with Gasteiger partial charge in [0.05, 0.1) is 0 Å². The average Bonchev–Trinajstić information content (AvgIpc) is 1.57. The second-order valence-corrected chi connectivity index (χ2v) is 3.79. The molecule has 0 amide bonds. The molecule has 0 bridgehead atoms. The van der Waals surface area contributed by atoms with Crippen LogP contribution in [-0.2, 0) is 10.2 Å². The van der Waals surface area contributed by atoms with Crippen LogP contribution in [0.3, 0.4) is 0 Å². The molecule has 1 fully saturated rings. The molecule has 1 atom stereocenters. The molecule has 4 nitrogen and oxygen atoms in total. The topological polar surface area (TPSA) is 63.4 Å². The van der Waals surface area contributed by atoms with E-state index in [4.69, 9.17) is 5.14 Å². The van der Waals surface area contributed by atoms with E-state index in [0.717, 1.165) is 6.42 Å². The van der Waals surface area contributed by atoms with Gasteiger partial charge in [0.15, 0.2) is 0 Å². The first-order valence-corrected chi connectivity index (χ1v) is 4.31. The van der Waals surface area contributed by atoms with Gasteiger partial charge in [-0.15, -0.1) is 0 Å². The Labute approximate surface area is 54.8 Å². The lowest BCUT2D eigenvalue weighted by molar-refractivity contribution is 0.217. The van der Waals surface area contributed by atoms with E-state index in [9.17, 15) is 8.42 Å². The Bertz CT molecular complexity index is 199. The van der Waals surface area contributed by atoms with Gasteiger partial charge >= 0.3 is 0 Å². The van der Waals surface area contributed by atoms with Gasteiger partial charge in [-0.1, -0.05) is 0 Å². The van der Waals surface area contributed by atoms with E-state index in [-0.39, 0.29) is 6.04 Å². The minimum atomic E-state index is -3.38. The normalized spacial score (nSPS) is 29.8. The first kappa shape index (κ1) is 6.98. The first-order chi connectivity index (χ1) is 4.02. The lowest BCUT2D eigenvalue weighted by Crippen LogP contribution is -2.51. The molecule has 0 radical (unpaired) electrons. The van der Waals surface area contributed by atoms with Crippen molar-refractivity contribution in [2.45, 2.75) is 19.4 Å². The Hall–Kier alpha value is -0.130. The van der Waals surface area contributed by atoms with Gasteiger partial charge in [0, 0.05) is 12.6 Å². The van der Waals surface area contributed by atoms with Gasteiger partial charge in [-0.25, -0.2) is 5.14 Å². The largest absolute Gasteiger partial charge is 0.277 e. The SMILES string of the molecule is CC1CCN1S(N)(=O)=O. The number of nitrogens with two attached hydrogens (primary N) is 1. The van der Waals surface area contributed by atoms with E-state index in [2.05, 4.69) is 0 Å². The second-order valence-electron chi connectivity index (χ2n) is 2.29. The molecule has 1 heterocycles. The van der Waals surface area contributed by atoms with Crippen molar-refractivity contribution in [3.8, 4) is 0 Å². The number of nitrogens with zero attached hydrogens (tertiary/aromatic N) is 1. The summed E-state index contributed by atoms with van der Waals surface area (Å²) in [6.45, 7) is 2.42. The summed E-state index contributed by atoms with van der Waals surface area (Å²) in [7, 11) is -3.38. The fourth-order valence-corrected chi connectivity index (χ4v) is 1.84. The third-order valence-corrected chi connectivity index (χ3v) is 2.78. The highest BCUT2D eigenvalue weighted by Gasteiger charge is 2.31. The third-order valence-electron chi connectivity index (χ3n) is 1.59. The molecule has 0 aromatic carbocycles. The minimum absolute atomic E-state index is 0.111. The van der Waals surface area contributed by atoms with Crippen molar-refractivity contribution in [2.24, 2.45) is 5.14 Å². The highest BCUT2D eigenvalue weighted by molar-refractivity contribution is 7.86. The van der Waals surface area contributed by atoms with E-state index < -0.39 is 10.2 Å². The highest BCUT2D eigenvalue weighted by atomic mass is 32.2. The van der Waals surface area contributed by atoms with E-state index in [1.165, 1.54) is 4.31 Å². The maximum absolute atomic E-state index is 10.5. The molecule has 54 valence electrons. The van der Waals surface area contributed by atoms with Crippen LogP contribution in [0.25, 0.3) is 0 Å². The van der Waals surface area contributed by atoms with Gasteiger partial charge in [-0.3, -0.25) is 0 Å². The quantitative estimate of drug-likeness (QED) is 0.536. The highest BCUT2D eigenvalue weighted by Crippen LogP contribution is 2.17. The Kier molecular flexibility index (Phi) is 1.50. The van der Waals surface area contributed by atoms with Crippen molar-refractivity contribution in [1.29, 1.82) is 0 Å². The van der Waals surface area contributed by atoms with Gasteiger partial charge in [-0.2, -0.15) is 12.7 Å². The molecule has 0 spiro atoms. The van der Waals surface area contributed by atoms with Gasteiger partial charge in [0.25, 0.3) is 10.2 Å². The zero-order valence-corrected chi connectivity index (χ0v) is 6.06. The monoisotopic (exact) mass is 150 g/mol. The second kappa shape index (κ2) is 1.93. The summed E-state index contributed by atoms with van der Waals surface area (Å²) in [5, 5.41) is 4.83. The van der Waals surface area contributed by atoms with Crippen molar-refractivity contribution in [1.82, 2.24) is 4.31 Å². The van der Waals surface area contributed by atoms with Crippen molar-refractivity contribution >= 4 is 10.2 Å². The lowest BCUT2D eigenvalue weighted by atomic mass is 10.1. The number of hydrogen-bond donors (Lipinski definition) is 1. The molecule has 9 heavy (non-hydrogen) atoms. The molecular weight excluding hydrogens is 140 g/mol. The van der Waals surface area contributed by atoms with Gasteiger partial charge in [-0.05, 0) is 13.3 Å². The van der Waals surface area contributed by atoms with E-state index in [1.807, 2.05) is 6.92 Å². The lowest BCUT2D eigenvalue weighted by Gasteiger charge is -2.35. The fraction of sp³-hybridized carbons (Fsp3) is 1.00. The molecule has 0 saturated carbocycles. The summed E-state index contributed by atoms with van der Waals surface area (Å²) in [5.74, 6) is 0. The smallest absolute Gasteiger partial charge is 0.216 e. The van der Waals surface area contributed by atoms with E-state index in [0.29, 0.717) is 6.54 Å². The number of rotatable bonds is 1. The maximum Gasteiger partial charge on any atom is 0.277 e. The molecule has 1 saturated heterocycles. The predicted molar refractivity (Wildman–Crippen MR) is 33.9 cm³/mol. The Morgan fingerprint density at radius 3 is 2.22 bits per heavy atom. The third kappa shape index (κ3) is 1.23. The van der Waals surface area contributed by atoms with Crippen molar-refractivity contribution in [3.05, 3.63) is 0 Å². The van der Waals surface area contributed by atoms with Gasteiger partial charge in [0.1, 0.15) is 0 Å². The molecule has 2 N–H and O–H groups in total. The van der Waals surface area contributed by atoms with Crippen LogP contribution in [0.5, 0.6) is 0 Å². The molecule has 0 aliphatic carbocycles. The summed E-state index contributed by atoms with van der Waals surface area (Å²) in [5.41, 5.74) is 0. The molecule has 1 aliphatic rings. The summed E-state index contributed by atoms with van der Waals surface area (Å²) >= 11 is 0. The predicted octanol–water partition coefficient (Wildman–Crippen LogP) is -0.716. The zero-order valence-electron chi connectivity index (χ0n) is 5.24. The van der Waals surface area contributed by atoms with Crippen LogP contribution in [0.2, 0.25) is 0 Å².